The molecular formula is C24H30N6O2S. The van der Waals surface area contributed by atoms with Crippen molar-refractivity contribution in [1.82, 2.24) is 19.5 Å². The monoisotopic (exact) mass is 466 g/mol. The molecule has 0 bridgehead atoms. The van der Waals surface area contributed by atoms with Gasteiger partial charge in [-0.05, 0) is 44.7 Å². The molecule has 3 unspecified atom stereocenters. The molecule has 0 aliphatic carbocycles. The summed E-state index contributed by atoms with van der Waals surface area (Å²) in [5, 5.41) is 4.82. The summed E-state index contributed by atoms with van der Waals surface area (Å²) in [5.74, 6) is 0.872. The second-order valence-corrected chi connectivity index (χ2v) is 10.4. The zero-order valence-corrected chi connectivity index (χ0v) is 19.9. The fourth-order valence-electron chi connectivity index (χ4n) is 5.01. The molecule has 2 saturated heterocycles. The summed E-state index contributed by atoms with van der Waals surface area (Å²) in [4.78, 5) is 23.2. The van der Waals surface area contributed by atoms with Crippen molar-refractivity contribution >= 4 is 28.2 Å². The Morgan fingerprint density at radius 3 is 2.76 bits per heavy atom. The normalized spacial score (nSPS) is 22.2. The van der Waals surface area contributed by atoms with E-state index >= 15 is 0 Å². The fourth-order valence-corrected chi connectivity index (χ4v) is 5.75. The molecule has 1 amide bonds. The lowest BCUT2D eigenvalue weighted by Crippen LogP contribution is -2.39. The summed E-state index contributed by atoms with van der Waals surface area (Å²) in [6.07, 6.45) is 7.42. The Balaban J connectivity index is 1.49. The van der Waals surface area contributed by atoms with Crippen LogP contribution in [0.1, 0.15) is 53.3 Å². The number of nitrogens with two attached hydrogens (primary N) is 1. The molecule has 1 aromatic carbocycles. The number of likely N-dealkylation sites (tertiary alicyclic amines) is 1. The molecule has 2 fully saturated rings. The highest BCUT2D eigenvalue weighted by molar-refractivity contribution is 7.84. The molecule has 0 radical (unpaired) electrons. The fraction of sp³-hybridized carbons (Fsp3) is 0.458. The number of nitrogens with zero attached hydrogens (tertiary/aromatic N) is 5. The first-order valence-corrected chi connectivity index (χ1v) is 13.1. The van der Waals surface area contributed by atoms with Gasteiger partial charge in [-0.15, -0.1) is 0 Å². The van der Waals surface area contributed by atoms with E-state index in [-0.39, 0.29) is 18.0 Å². The highest BCUT2D eigenvalue weighted by atomic mass is 32.2. The zero-order valence-electron chi connectivity index (χ0n) is 19.1. The molecule has 9 heteroatoms. The third kappa shape index (κ3) is 4.15. The van der Waals surface area contributed by atoms with E-state index in [1.54, 1.807) is 18.4 Å². The zero-order chi connectivity index (χ0) is 23.1. The lowest BCUT2D eigenvalue weighted by molar-refractivity contribution is 0.0602. The van der Waals surface area contributed by atoms with E-state index in [0.717, 1.165) is 61.5 Å². The van der Waals surface area contributed by atoms with Crippen molar-refractivity contribution in [2.45, 2.75) is 49.6 Å². The van der Waals surface area contributed by atoms with E-state index in [1.165, 1.54) is 0 Å². The highest BCUT2D eigenvalue weighted by Gasteiger charge is 2.32. The number of anilines is 1. The van der Waals surface area contributed by atoms with E-state index < -0.39 is 10.8 Å². The highest BCUT2D eigenvalue weighted by Crippen LogP contribution is 2.33. The van der Waals surface area contributed by atoms with Gasteiger partial charge in [0.05, 0.1) is 33.0 Å². The molecule has 3 aromatic rings. The van der Waals surface area contributed by atoms with Gasteiger partial charge in [0.15, 0.2) is 5.65 Å². The maximum Gasteiger partial charge on any atom is 0.255 e. The maximum absolute atomic E-state index is 13.6. The van der Waals surface area contributed by atoms with Gasteiger partial charge in [-0.2, -0.15) is 5.10 Å². The van der Waals surface area contributed by atoms with Crippen LogP contribution in [0.25, 0.3) is 5.65 Å². The van der Waals surface area contributed by atoms with Crippen molar-refractivity contribution in [2.75, 3.05) is 30.8 Å². The predicted octanol–water partition coefficient (Wildman–Crippen LogP) is 2.68. The maximum atomic E-state index is 13.6. The molecule has 3 atom stereocenters. The van der Waals surface area contributed by atoms with Gasteiger partial charge in [-0.3, -0.25) is 9.00 Å². The van der Waals surface area contributed by atoms with Crippen LogP contribution in [0.2, 0.25) is 0 Å². The van der Waals surface area contributed by atoms with Crippen molar-refractivity contribution in [2.24, 2.45) is 5.73 Å². The van der Waals surface area contributed by atoms with Crippen molar-refractivity contribution in [3.05, 3.63) is 53.3 Å². The van der Waals surface area contributed by atoms with Crippen LogP contribution in [-0.2, 0) is 10.8 Å². The van der Waals surface area contributed by atoms with Crippen LogP contribution in [-0.4, -0.2) is 61.5 Å². The number of amides is 1. The summed E-state index contributed by atoms with van der Waals surface area (Å²) in [5.41, 5.74) is 9.30. The van der Waals surface area contributed by atoms with Crippen molar-refractivity contribution in [3.63, 3.8) is 0 Å². The van der Waals surface area contributed by atoms with Crippen LogP contribution in [0.15, 0.2) is 41.4 Å². The van der Waals surface area contributed by atoms with Crippen molar-refractivity contribution in [1.29, 1.82) is 0 Å². The van der Waals surface area contributed by atoms with Gasteiger partial charge in [0.2, 0.25) is 0 Å². The number of hydrogen-bond donors (Lipinski definition) is 1. The molecule has 8 nitrogen and oxygen atoms in total. The quantitative estimate of drug-likeness (QED) is 0.635. The molecule has 2 N–H and O–H groups in total. The first kappa shape index (κ1) is 22.0. The predicted molar refractivity (Wildman–Crippen MR) is 129 cm³/mol. The number of carbonyl (C=O) groups excluding carboxylic acids is 1. The number of aromatic nitrogens is 3. The number of benzene rings is 1. The van der Waals surface area contributed by atoms with Crippen LogP contribution >= 0.6 is 0 Å². The van der Waals surface area contributed by atoms with E-state index in [1.807, 2.05) is 40.7 Å². The minimum absolute atomic E-state index is 0.0848. The van der Waals surface area contributed by atoms with Crippen LogP contribution in [0, 0.1) is 6.92 Å². The minimum Gasteiger partial charge on any atom is -0.355 e. The SMILES string of the molecule is Cc1cn2nc(C3CCCCN3C(=O)c3ccccc3S(C)=O)cc2nc1N1CCC(N)C1. The van der Waals surface area contributed by atoms with Gasteiger partial charge in [0.1, 0.15) is 5.82 Å². The van der Waals surface area contributed by atoms with E-state index in [9.17, 15) is 9.00 Å². The number of aryl methyl sites for hydroxylation is 1. The molecule has 2 aliphatic heterocycles. The first-order valence-electron chi connectivity index (χ1n) is 11.5. The summed E-state index contributed by atoms with van der Waals surface area (Å²) < 4.78 is 14.0. The van der Waals surface area contributed by atoms with Gasteiger partial charge in [-0.25, -0.2) is 9.50 Å². The Morgan fingerprint density at radius 2 is 2.00 bits per heavy atom. The van der Waals surface area contributed by atoms with Crippen molar-refractivity contribution in [3.8, 4) is 0 Å². The van der Waals surface area contributed by atoms with Crippen LogP contribution in [0.3, 0.4) is 0 Å². The Morgan fingerprint density at radius 1 is 1.18 bits per heavy atom. The summed E-state index contributed by atoms with van der Waals surface area (Å²) in [7, 11) is -1.23. The number of fused-ring (bicyclic) bond motifs is 1. The Kier molecular flexibility index (Phi) is 5.92. The van der Waals surface area contributed by atoms with Gasteiger partial charge < -0.3 is 15.5 Å². The molecule has 0 saturated carbocycles. The number of hydrogen-bond acceptors (Lipinski definition) is 6. The summed E-state index contributed by atoms with van der Waals surface area (Å²) in [6.45, 7) is 4.43. The molecule has 0 spiro atoms. The smallest absolute Gasteiger partial charge is 0.255 e. The summed E-state index contributed by atoms with van der Waals surface area (Å²) in [6, 6.07) is 9.24. The average molecular weight is 467 g/mol. The van der Waals surface area contributed by atoms with Gasteiger partial charge in [0.25, 0.3) is 5.91 Å². The topological polar surface area (TPSA) is 96.8 Å². The van der Waals surface area contributed by atoms with Crippen LogP contribution in [0.4, 0.5) is 5.82 Å². The Hall–Kier alpha value is -2.78. The molecule has 33 heavy (non-hydrogen) atoms. The van der Waals surface area contributed by atoms with E-state index in [4.69, 9.17) is 15.8 Å². The lowest BCUT2D eigenvalue weighted by Gasteiger charge is -2.35. The number of rotatable bonds is 4. The average Bonchev–Trinajstić information content (AvgIpc) is 3.43. The molecular weight excluding hydrogens is 436 g/mol. The third-order valence-electron chi connectivity index (χ3n) is 6.68. The van der Waals surface area contributed by atoms with E-state index in [0.29, 0.717) is 17.0 Å². The van der Waals surface area contributed by atoms with E-state index in [2.05, 4.69) is 4.90 Å². The third-order valence-corrected chi connectivity index (χ3v) is 7.66. The second-order valence-electron chi connectivity index (χ2n) is 9.07. The molecule has 5 rings (SSSR count). The lowest BCUT2D eigenvalue weighted by atomic mass is 9.98. The minimum atomic E-state index is -1.23. The second kappa shape index (κ2) is 8.87. The van der Waals surface area contributed by atoms with Gasteiger partial charge in [-0.1, -0.05) is 12.1 Å². The Labute approximate surface area is 196 Å². The summed E-state index contributed by atoms with van der Waals surface area (Å²) >= 11 is 0. The number of piperidine rings is 1. The van der Waals surface area contributed by atoms with Crippen LogP contribution in [0.5, 0.6) is 0 Å². The molecule has 2 aliphatic rings. The first-order chi connectivity index (χ1) is 15.9. The van der Waals surface area contributed by atoms with Gasteiger partial charge in [0, 0.05) is 49.8 Å². The van der Waals surface area contributed by atoms with Gasteiger partial charge >= 0.3 is 0 Å². The standard InChI is InChI=1S/C24H30N6O2S/c1-16-14-30-22(26-23(16)28-12-10-17(25)15-28)13-19(27-30)20-8-5-6-11-29(20)24(31)18-7-3-4-9-21(18)33(2)32/h3-4,7,9,13-14,17,20H,5-6,8,10-12,15,25H2,1-2H3. The van der Waals surface area contributed by atoms with Crippen LogP contribution < -0.4 is 10.6 Å². The molecule has 2 aromatic heterocycles. The Bertz CT molecular complexity index is 1220. The molecule has 174 valence electrons. The molecule has 4 heterocycles. The largest absolute Gasteiger partial charge is 0.355 e. The van der Waals surface area contributed by atoms with Crippen molar-refractivity contribution < 1.29 is 9.00 Å². The number of carbonyl (C=O) groups is 1.